The van der Waals surface area contributed by atoms with Crippen molar-refractivity contribution in [1.29, 1.82) is 0 Å². The molecule has 0 bridgehead atoms. The molecule has 3 rings (SSSR count). The first-order valence-corrected chi connectivity index (χ1v) is 4.97. The van der Waals surface area contributed by atoms with Crippen molar-refractivity contribution in [1.82, 2.24) is 15.0 Å². The zero-order chi connectivity index (χ0) is 10.3. The summed E-state index contributed by atoms with van der Waals surface area (Å²) in [6, 6.07) is 6.02. The van der Waals surface area contributed by atoms with Crippen molar-refractivity contribution in [3.8, 4) is 0 Å². The van der Waals surface area contributed by atoms with E-state index in [-0.39, 0.29) is 0 Å². The van der Waals surface area contributed by atoms with E-state index in [1.807, 2.05) is 24.4 Å². The number of pyridine rings is 1. The van der Waals surface area contributed by atoms with Gasteiger partial charge < -0.3 is 4.98 Å². The van der Waals surface area contributed by atoms with Crippen molar-refractivity contribution >= 4 is 33.9 Å². The minimum Gasteiger partial charge on any atom is -0.346 e. The Balaban J connectivity index is 2.70. The van der Waals surface area contributed by atoms with E-state index in [4.69, 9.17) is 12.2 Å². The average molecular weight is 213 g/mol. The molecule has 0 atom stereocenters. The summed E-state index contributed by atoms with van der Waals surface area (Å²) >= 11 is 5.22. The van der Waals surface area contributed by atoms with Crippen LogP contribution in [0.25, 0.3) is 21.7 Å². The number of aromatic nitrogens is 3. The molecule has 0 spiro atoms. The van der Waals surface area contributed by atoms with Gasteiger partial charge in [0.15, 0.2) is 0 Å². The second-order valence-corrected chi connectivity index (χ2v) is 3.68. The number of rotatable bonds is 0. The molecule has 0 unspecified atom stereocenters. The number of aromatic amines is 1. The van der Waals surface area contributed by atoms with E-state index in [0.717, 1.165) is 21.7 Å². The molecule has 2 aromatic heterocycles. The van der Waals surface area contributed by atoms with Gasteiger partial charge in [-0.3, -0.25) is 4.98 Å². The van der Waals surface area contributed by atoms with Gasteiger partial charge in [0.05, 0.1) is 11.8 Å². The molecule has 15 heavy (non-hydrogen) atoms. The van der Waals surface area contributed by atoms with Crippen molar-refractivity contribution < 1.29 is 0 Å². The van der Waals surface area contributed by atoms with Crippen LogP contribution in [0.4, 0.5) is 0 Å². The Morgan fingerprint density at radius 1 is 1.20 bits per heavy atom. The minimum atomic E-state index is 0.613. The van der Waals surface area contributed by atoms with Crippen LogP contribution in [0.3, 0.4) is 0 Å². The normalized spacial score (nSPS) is 10.9. The molecule has 1 N–H and O–H groups in total. The van der Waals surface area contributed by atoms with Gasteiger partial charge in [0.25, 0.3) is 0 Å². The number of fused-ring (bicyclic) bond motifs is 3. The molecule has 0 aliphatic carbocycles. The number of benzene rings is 1. The van der Waals surface area contributed by atoms with E-state index in [1.165, 1.54) is 0 Å². The molecule has 4 heteroatoms. The summed E-state index contributed by atoms with van der Waals surface area (Å²) in [4.78, 5) is 11.3. The highest BCUT2D eigenvalue weighted by Gasteiger charge is 2.01. The third kappa shape index (κ3) is 1.22. The maximum absolute atomic E-state index is 5.22. The highest BCUT2D eigenvalue weighted by molar-refractivity contribution is 7.71. The van der Waals surface area contributed by atoms with E-state index in [2.05, 4.69) is 15.0 Å². The lowest BCUT2D eigenvalue weighted by Gasteiger charge is -2.01. The van der Waals surface area contributed by atoms with Gasteiger partial charge in [-0.15, -0.1) is 0 Å². The van der Waals surface area contributed by atoms with Gasteiger partial charge in [0.1, 0.15) is 4.64 Å². The molecule has 2 heterocycles. The van der Waals surface area contributed by atoms with Crippen LogP contribution in [0.2, 0.25) is 0 Å². The Labute approximate surface area is 90.8 Å². The van der Waals surface area contributed by atoms with Crippen molar-refractivity contribution in [3.63, 3.8) is 0 Å². The summed E-state index contributed by atoms with van der Waals surface area (Å²) in [7, 11) is 0. The molecule has 0 fully saturated rings. The topological polar surface area (TPSA) is 41.6 Å². The van der Waals surface area contributed by atoms with Gasteiger partial charge in [-0.05, 0) is 17.5 Å². The Morgan fingerprint density at radius 2 is 2.13 bits per heavy atom. The Morgan fingerprint density at radius 3 is 3.07 bits per heavy atom. The number of hydrogen-bond acceptors (Lipinski definition) is 3. The molecule has 3 aromatic rings. The van der Waals surface area contributed by atoms with Gasteiger partial charge in [-0.2, -0.15) is 0 Å². The Bertz CT molecular complexity index is 703. The predicted octanol–water partition coefficient (Wildman–Crippen LogP) is 2.84. The second-order valence-electron chi connectivity index (χ2n) is 3.29. The summed E-state index contributed by atoms with van der Waals surface area (Å²) in [6.07, 6.45) is 5.22. The van der Waals surface area contributed by atoms with Crippen molar-refractivity contribution in [3.05, 3.63) is 41.6 Å². The lowest BCUT2D eigenvalue weighted by molar-refractivity contribution is 1.21. The van der Waals surface area contributed by atoms with Crippen LogP contribution in [0.15, 0.2) is 36.9 Å². The molecule has 0 aliphatic heterocycles. The van der Waals surface area contributed by atoms with Gasteiger partial charge in [-0.1, -0.05) is 18.3 Å². The summed E-state index contributed by atoms with van der Waals surface area (Å²) in [5, 5.41) is 3.15. The smallest absolute Gasteiger partial charge is 0.137 e. The van der Waals surface area contributed by atoms with E-state index < -0.39 is 0 Å². The number of hydrogen-bond donors (Lipinski definition) is 1. The minimum absolute atomic E-state index is 0.613. The van der Waals surface area contributed by atoms with Gasteiger partial charge in [0, 0.05) is 23.2 Å². The first-order chi connectivity index (χ1) is 7.36. The van der Waals surface area contributed by atoms with Crippen LogP contribution in [0, 0.1) is 4.64 Å². The fourth-order valence-corrected chi connectivity index (χ4v) is 2.01. The molecule has 72 valence electrons. The molecule has 0 amide bonds. The molecule has 0 saturated carbocycles. The molecule has 0 saturated heterocycles. The van der Waals surface area contributed by atoms with Gasteiger partial charge in [-0.25, -0.2) is 4.98 Å². The van der Waals surface area contributed by atoms with Gasteiger partial charge in [0.2, 0.25) is 0 Å². The zero-order valence-electron chi connectivity index (χ0n) is 7.77. The molecule has 1 aromatic carbocycles. The summed E-state index contributed by atoms with van der Waals surface area (Å²) in [5.74, 6) is 0. The highest BCUT2D eigenvalue weighted by Crippen LogP contribution is 2.22. The monoisotopic (exact) mass is 213 g/mol. The highest BCUT2D eigenvalue weighted by atomic mass is 32.1. The molecule has 0 radical (unpaired) electrons. The van der Waals surface area contributed by atoms with Crippen molar-refractivity contribution in [2.45, 2.75) is 0 Å². The first kappa shape index (κ1) is 8.49. The fraction of sp³-hybridized carbons (Fsp3) is 0. The maximum Gasteiger partial charge on any atom is 0.137 e. The summed E-state index contributed by atoms with van der Waals surface area (Å²) in [6.45, 7) is 0. The van der Waals surface area contributed by atoms with Gasteiger partial charge >= 0.3 is 0 Å². The Kier molecular flexibility index (Phi) is 1.76. The number of nitrogens with zero attached hydrogens (tertiary/aromatic N) is 2. The first-order valence-electron chi connectivity index (χ1n) is 4.56. The summed E-state index contributed by atoms with van der Waals surface area (Å²) < 4.78 is 0.613. The fourth-order valence-electron chi connectivity index (χ4n) is 1.74. The van der Waals surface area contributed by atoms with Crippen LogP contribution < -0.4 is 0 Å². The van der Waals surface area contributed by atoms with Crippen LogP contribution in [0.1, 0.15) is 0 Å². The lowest BCUT2D eigenvalue weighted by atomic mass is 10.1. The van der Waals surface area contributed by atoms with Crippen LogP contribution in [-0.2, 0) is 0 Å². The second kappa shape index (κ2) is 3.10. The number of H-pyrrole nitrogens is 1. The molecular weight excluding hydrogens is 206 g/mol. The third-order valence-electron chi connectivity index (χ3n) is 2.44. The predicted molar refractivity (Wildman–Crippen MR) is 62.2 cm³/mol. The number of nitrogens with one attached hydrogen (secondary N) is 1. The van der Waals surface area contributed by atoms with Crippen LogP contribution in [0.5, 0.6) is 0 Å². The van der Waals surface area contributed by atoms with Crippen LogP contribution >= 0.6 is 12.2 Å². The lowest BCUT2D eigenvalue weighted by Crippen LogP contribution is -1.85. The quantitative estimate of drug-likeness (QED) is 0.461. The van der Waals surface area contributed by atoms with E-state index >= 15 is 0 Å². The SMILES string of the molecule is S=c1nc[nH]c2ccc3ccncc3c12. The largest absolute Gasteiger partial charge is 0.346 e. The molecule has 0 aliphatic rings. The van der Waals surface area contributed by atoms with Crippen molar-refractivity contribution in [2.75, 3.05) is 0 Å². The standard InChI is InChI=1S/C11H7N3S/c15-11-10-8-5-12-4-3-7(8)1-2-9(10)13-6-14-11/h1-6H,(H,13,14,15). The summed E-state index contributed by atoms with van der Waals surface area (Å²) in [5.41, 5.74) is 0.996. The van der Waals surface area contributed by atoms with E-state index in [1.54, 1.807) is 12.5 Å². The van der Waals surface area contributed by atoms with Crippen LogP contribution in [-0.4, -0.2) is 15.0 Å². The van der Waals surface area contributed by atoms with E-state index in [0.29, 0.717) is 4.64 Å². The molecule has 3 nitrogen and oxygen atoms in total. The third-order valence-corrected chi connectivity index (χ3v) is 2.75. The average Bonchev–Trinajstić information content (AvgIpc) is 2.29. The molecular formula is C11H7N3S. The van der Waals surface area contributed by atoms with E-state index in [9.17, 15) is 0 Å². The Hall–Kier alpha value is -1.81. The van der Waals surface area contributed by atoms with Crippen molar-refractivity contribution in [2.24, 2.45) is 0 Å². The zero-order valence-corrected chi connectivity index (χ0v) is 8.58. The maximum atomic E-state index is 5.22.